The highest BCUT2D eigenvalue weighted by molar-refractivity contribution is 7.94. The summed E-state index contributed by atoms with van der Waals surface area (Å²) in [6, 6.07) is 0. The number of aromatic nitrogens is 4. The number of nitrogens with two attached hydrogens (primary N) is 1. The summed E-state index contributed by atoms with van der Waals surface area (Å²) in [5.74, 6) is 0. The van der Waals surface area contributed by atoms with Crippen molar-refractivity contribution in [1.29, 1.82) is 0 Å². The molecule has 0 aromatic carbocycles. The summed E-state index contributed by atoms with van der Waals surface area (Å²) in [5, 5.41) is 15.1. The monoisotopic (exact) mass is 278 g/mol. The van der Waals surface area contributed by atoms with E-state index in [1.165, 1.54) is 0 Å². The third-order valence-corrected chi connectivity index (χ3v) is 4.74. The van der Waals surface area contributed by atoms with E-state index in [4.69, 9.17) is 5.73 Å². The van der Waals surface area contributed by atoms with Crippen LogP contribution in [-0.2, 0) is 10.0 Å². The number of hydrogen-bond donors (Lipinski definition) is 2. The lowest BCUT2D eigenvalue weighted by Crippen LogP contribution is -2.12. The molecule has 0 unspecified atom stereocenters. The molecule has 3 N–H and O–H groups in total. The van der Waals surface area contributed by atoms with Crippen LogP contribution in [0, 0.1) is 6.92 Å². The van der Waals surface area contributed by atoms with Crippen LogP contribution >= 0.6 is 22.7 Å². The van der Waals surface area contributed by atoms with Gasteiger partial charge in [0.2, 0.25) is 10.3 Å². The van der Waals surface area contributed by atoms with Gasteiger partial charge >= 0.3 is 0 Å². The molecule has 0 saturated heterocycles. The summed E-state index contributed by atoms with van der Waals surface area (Å²) >= 11 is 1.91. The molecule has 0 aliphatic heterocycles. The Hall–Kier alpha value is -1.33. The number of nitrogens with one attached hydrogen (secondary N) is 1. The average molecular weight is 278 g/mol. The first kappa shape index (κ1) is 11.2. The molecule has 86 valence electrons. The second kappa shape index (κ2) is 3.92. The smallest absolute Gasteiger partial charge is 0.293 e. The van der Waals surface area contributed by atoms with Gasteiger partial charge in [0, 0.05) is 0 Å². The number of nitrogen functional groups attached to an aromatic ring is 1. The van der Waals surface area contributed by atoms with Gasteiger partial charge in [-0.3, -0.25) is 4.72 Å². The molecule has 0 atom stereocenters. The van der Waals surface area contributed by atoms with Crippen molar-refractivity contribution in [2.24, 2.45) is 0 Å². The Morgan fingerprint density at radius 1 is 1.19 bits per heavy atom. The fraction of sp³-hybridized carbons (Fsp3) is 0.200. The average Bonchev–Trinajstić information content (AvgIpc) is 2.75. The summed E-state index contributed by atoms with van der Waals surface area (Å²) in [6.07, 6.45) is 0. The molecule has 0 amide bonds. The normalized spacial score (nSPS) is 11.6. The van der Waals surface area contributed by atoms with E-state index in [9.17, 15) is 8.42 Å². The van der Waals surface area contributed by atoms with Crippen LogP contribution in [0.25, 0.3) is 0 Å². The van der Waals surface area contributed by atoms with E-state index in [0.29, 0.717) is 5.01 Å². The third kappa shape index (κ3) is 2.25. The molecule has 8 nitrogen and oxygen atoms in total. The van der Waals surface area contributed by atoms with Gasteiger partial charge in [0.1, 0.15) is 5.01 Å². The number of hydrogen-bond acceptors (Lipinski definition) is 9. The molecule has 11 heteroatoms. The molecule has 2 aromatic rings. The van der Waals surface area contributed by atoms with Crippen molar-refractivity contribution in [3.63, 3.8) is 0 Å². The maximum absolute atomic E-state index is 11.7. The molecule has 0 bridgehead atoms. The zero-order valence-corrected chi connectivity index (χ0v) is 10.4. The maximum Gasteiger partial charge on any atom is 0.293 e. The Balaban J connectivity index is 2.27. The van der Waals surface area contributed by atoms with Crippen molar-refractivity contribution < 1.29 is 8.42 Å². The van der Waals surface area contributed by atoms with E-state index in [1.54, 1.807) is 6.92 Å². The molecular weight excluding hydrogens is 272 g/mol. The maximum atomic E-state index is 11.7. The lowest BCUT2D eigenvalue weighted by atomic mass is 10.9. The topological polar surface area (TPSA) is 124 Å². The van der Waals surface area contributed by atoms with Crippen LogP contribution in [-0.4, -0.2) is 28.8 Å². The van der Waals surface area contributed by atoms with Crippen LogP contribution in [0.2, 0.25) is 0 Å². The highest BCUT2D eigenvalue weighted by Crippen LogP contribution is 2.22. The molecule has 2 heterocycles. The van der Waals surface area contributed by atoms with E-state index in [0.717, 1.165) is 22.7 Å². The zero-order valence-electron chi connectivity index (χ0n) is 7.91. The third-order valence-electron chi connectivity index (χ3n) is 1.40. The minimum Gasteiger partial charge on any atom is -0.374 e. The summed E-state index contributed by atoms with van der Waals surface area (Å²) in [5.41, 5.74) is 5.30. The summed E-state index contributed by atoms with van der Waals surface area (Å²) in [6.45, 7) is 1.72. The van der Waals surface area contributed by atoms with E-state index in [1.807, 2.05) is 0 Å². The van der Waals surface area contributed by atoms with Gasteiger partial charge in [0.05, 0.1) is 0 Å². The quantitative estimate of drug-likeness (QED) is 0.814. The van der Waals surface area contributed by atoms with Gasteiger partial charge in [-0.05, 0) is 6.92 Å². The van der Waals surface area contributed by atoms with Crippen LogP contribution in [0.1, 0.15) is 5.01 Å². The van der Waals surface area contributed by atoms with E-state index in [2.05, 4.69) is 25.1 Å². The summed E-state index contributed by atoms with van der Waals surface area (Å²) in [4.78, 5) is 0. The SMILES string of the molecule is Cc1nnc(NS(=O)(=O)c2nnc(N)s2)s1. The van der Waals surface area contributed by atoms with Crippen molar-refractivity contribution in [2.45, 2.75) is 11.3 Å². The number of anilines is 2. The lowest BCUT2D eigenvalue weighted by molar-refractivity contribution is 0.599. The summed E-state index contributed by atoms with van der Waals surface area (Å²) in [7, 11) is -3.76. The van der Waals surface area contributed by atoms with Gasteiger partial charge in [-0.15, -0.1) is 20.4 Å². The second-order valence-corrected chi connectivity index (χ2v) is 6.68. The van der Waals surface area contributed by atoms with E-state index in [-0.39, 0.29) is 14.6 Å². The van der Waals surface area contributed by atoms with E-state index >= 15 is 0 Å². The standard InChI is InChI=1S/C5H6N6O2S3/c1-2-7-9-4(14-2)11-16(12,13)5-10-8-3(6)15-5/h1H3,(H2,6,8)(H,9,11). The highest BCUT2D eigenvalue weighted by Gasteiger charge is 2.21. The van der Waals surface area contributed by atoms with Crippen LogP contribution in [0.3, 0.4) is 0 Å². The van der Waals surface area contributed by atoms with Crippen LogP contribution < -0.4 is 10.5 Å². The predicted octanol–water partition coefficient (Wildman–Crippen LogP) is 0.0810. The van der Waals surface area contributed by atoms with Gasteiger partial charge in [0.15, 0.2) is 0 Å². The predicted molar refractivity (Wildman–Crippen MR) is 59.8 cm³/mol. The van der Waals surface area contributed by atoms with Crippen molar-refractivity contribution in [3.8, 4) is 0 Å². The Labute approximate surface area is 98.6 Å². The molecule has 0 saturated carbocycles. The largest absolute Gasteiger partial charge is 0.374 e. The minimum absolute atomic E-state index is 0.0915. The number of sulfonamides is 1. The Morgan fingerprint density at radius 3 is 2.44 bits per heavy atom. The second-order valence-electron chi connectivity index (χ2n) is 2.64. The van der Waals surface area contributed by atoms with Crippen molar-refractivity contribution >= 4 is 43.0 Å². The number of nitrogens with zero attached hydrogens (tertiary/aromatic N) is 4. The van der Waals surface area contributed by atoms with Crippen molar-refractivity contribution in [3.05, 3.63) is 5.01 Å². The molecule has 2 rings (SSSR count). The molecule has 0 aliphatic rings. The molecule has 16 heavy (non-hydrogen) atoms. The van der Waals surface area contributed by atoms with Crippen LogP contribution in [0.15, 0.2) is 4.34 Å². The number of rotatable bonds is 3. The lowest BCUT2D eigenvalue weighted by Gasteiger charge is -1.98. The van der Waals surface area contributed by atoms with Crippen LogP contribution in [0.4, 0.5) is 10.3 Å². The first-order valence-corrected chi connectivity index (χ1v) is 7.01. The highest BCUT2D eigenvalue weighted by atomic mass is 32.2. The van der Waals surface area contributed by atoms with E-state index < -0.39 is 10.0 Å². The van der Waals surface area contributed by atoms with Gasteiger partial charge in [0.25, 0.3) is 14.4 Å². The Kier molecular flexibility index (Phi) is 2.73. The van der Waals surface area contributed by atoms with Crippen LogP contribution in [0.5, 0.6) is 0 Å². The first-order valence-electron chi connectivity index (χ1n) is 3.89. The molecule has 0 aliphatic carbocycles. The Bertz CT molecular complexity index is 601. The van der Waals surface area contributed by atoms with Crippen molar-refractivity contribution in [1.82, 2.24) is 20.4 Å². The van der Waals surface area contributed by atoms with Gasteiger partial charge in [-0.2, -0.15) is 8.42 Å². The van der Waals surface area contributed by atoms with Gasteiger partial charge in [-0.25, -0.2) is 0 Å². The van der Waals surface area contributed by atoms with Crippen molar-refractivity contribution in [2.75, 3.05) is 10.5 Å². The fourth-order valence-electron chi connectivity index (χ4n) is 0.825. The van der Waals surface area contributed by atoms with Gasteiger partial charge < -0.3 is 5.73 Å². The molecule has 0 radical (unpaired) electrons. The minimum atomic E-state index is -3.76. The molecule has 2 aromatic heterocycles. The Morgan fingerprint density at radius 2 is 1.94 bits per heavy atom. The number of aryl methyl sites for hydroxylation is 1. The molecule has 0 spiro atoms. The molecular formula is C5H6N6O2S3. The fourth-order valence-corrected chi connectivity index (χ4v) is 3.43. The zero-order chi connectivity index (χ0) is 11.8. The first-order chi connectivity index (χ1) is 7.47. The van der Waals surface area contributed by atoms with Gasteiger partial charge in [-0.1, -0.05) is 22.7 Å². The molecule has 0 fully saturated rings. The summed E-state index contributed by atoms with van der Waals surface area (Å²) < 4.78 is 25.5.